The van der Waals surface area contributed by atoms with Crippen molar-refractivity contribution in [3.63, 3.8) is 0 Å². The molecule has 0 aliphatic heterocycles. The molecule has 0 aromatic heterocycles. The number of nitrogens with one attached hydrogen (secondary N) is 1. The van der Waals surface area contributed by atoms with Crippen LogP contribution in [0.5, 0.6) is 11.5 Å². The highest BCUT2D eigenvalue weighted by molar-refractivity contribution is 9.09. The first kappa shape index (κ1) is 13.8. The van der Waals surface area contributed by atoms with E-state index in [1.807, 2.05) is 0 Å². The first-order valence-corrected chi connectivity index (χ1v) is 6.40. The van der Waals surface area contributed by atoms with E-state index >= 15 is 0 Å². The molecule has 0 radical (unpaired) electrons. The molecule has 0 saturated carbocycles. The number of alkyl halides is 1. The zero-order valence-electron chi connectivity index (χ0n) is 9.61. The van der Waals surface area contributed by atoms with Gasteiger partial charge >= 0.3 is 0 Å². The summed E-state index contributed by atoms with van der Waals surface area (Å²) < 4.78 is 0. The number of amides is 1. The van der Waals surface area contributed by atoms with Gasteiger partial charge in [0.1, 0.15) is 11.5 Å². The van der Waals surface area contributed by atoms with E-state index < -0.39 is 0 Å². The zero-order valence-corrected chi connectivity index (χ0v) is 11.2. The topological polar surface area (TPSA) is 69.6 Å². The maximum Gasteiger partial charge on any atom is 0.255 e. The molecule has 0 aliphatic rings. The van der Waals surface area contributed by atoms with Gasteiger partial charge in [0.25, 0.3) is 5.91 Å². The first-order valence-electron chi connectivity index (χ1n) is 5.48. The summed E-state index contributed by atoms with van der Waals surface area (Å²) in [4.78, 5) is 11.9. The van der Waals surface area contributed by atoms with Crippen molar-refractivity contribution in [3.05, 3.63) is 23.8 Å². The molecular weight excluding hydrogens is 286 g/mol. The summed E-state index contributed by atoms with van der Waals surface area (Å²) in [6, 6.07) is 3.87. The molecule has 17 heavy (non-hydrogen) atoms. The SMILES string of the molecule is CCCC(Br)CNC(=O)c1cc(O)ccc1O. The van der Waals surface area contributed by atoms with Crippen molar-refractivity contribution in [3.8, 4) is 11.5 Å². The second-order valence-electron chi connectivity index (χ2n) is 3.80. The van der Waals surface area contributed by atoms with Crippen molar-refractivity contribution in [1.29, 1.82) is 0 Å². The molecule has 0 fully saturated rings. The number of aromatic hydroxyl groups is 2. The van der Waals surface area contributed by atoms with Crippen molar-refractivity contribution in [2.75, 3.05) is 6.54 Å². The average Bonchev–Trinajstić information content (AvgIpc) is 2.29. The van der Waals surface area contributed by atoms with E-state index in [-0.39, 0.29) is 27.8 Å². The van der Waals surface area contributed by atoms with Crippen LogP contribution in [0.1, 0.15) is 30.1 Å². The Kier molecular flexibility index (Phi) is 5.28. The second kappa shape index (κ2) is 6.49. The van der Waals surface area contributed by atoms with Crippen LogP contribution in [0.3, 0.4) is 0 Å². The van der Waals surface area contributed by atoms with Crippen LogP contribution in [-0.2, 0) is 0 Å². The van der Waals surface area contributed by atoms with Crippen LogP contribution in [0.25, 0.3) is 0 Å². The highest BCUT2D eigenvalue weighted by Gasteiger charge is 2.13. The number of phenolic OH excluding ortho intramolecular Hbond substituents is 2. The normalized spacial score (nSPS) is 12.1. The third-order valence-corrected chi connectivity index (χ3v) is 3.09. The third kappa shape index (κ3) is 4.26. The zero-order chi connectivity index (χ0) is 12.8. The van der Waals surface area contributed by atoms with E-state index in [0.29, 0.717) is 6.54 Å². The standard InChI is InChI=1S/C12H16BrNO3/c1-2-3-8(13)7-14-12(17)10-6-9(15)4-5-11(10)16/h4-6,8,15-16H,2-3,7H2,1H3,(H,14,17). The summed E-state index contributed by atoms with van der Waals surface area (Å²) in [5, 5.41) is 21.4. The lowest BCUT2D eigenvalue weighted by Gasteiger charge is -2.11. The number of halogens is 1. The Morgan fingerprint density at radius 2 is 2.18 bits per heavy atom. The maximum absolute atomic E-state index is 11.7. The lowest BCUT2D eigenvalue weighted by Crippen LogP contribution is -2.29. The molecule has 94 valence electrons. The average molecular weight is 302 g/mol. The number of hydrogen-bond donors (Lipinski definition) is 3. The van der Waals surface area contributed by atoms with Crippen molar-refractivity contribution < 1.29 is 15.0 Å². The van der Waals surface area contributed by atoms with E-state index in [0.717, 1.165) is 12.8 Å². The number of rotatable bonds is 5. The van der Waals surface area contributed by atoms with Crippen LogP contribution in [0.2, 0.25) is 0 Å². The van der Waals surface area contributed by atoms with Crippen molar-refractivity contribution in [2.24, 2.45) is 0 Å². The summed E-state index contributed by atoms with van der Waals surface area (Å²) in [6.07, 6.45) is 2.00. The highest BCUT2D eigenvalue weighted by atomic mass is 79.9. The van der Waals surface area contributed by atoms with Crippen LogP contribution >= 0.6 is 15.9 Å². The van der Waals surface area contributed by atoms with Crippen LogP contribution in [0.4, 0.5) is 0 Å². The number of benzene rings is 1. The molecule has 1 aromatic carbocycles. The molecule has 3 N–H and O–H groups in total. The lowest BCUT2D eigenvalue weighted by molar-refractivity contribution is 0.0950. The Bertz CT molecular complexity index is 395. The van der Waals surface area contributed by atoms with Crippen LogP contribution in [0, 0.1) is 0 Å². The predicted octanol–water partition coefficient (Wildman–Crippen LogP) is 2.39. The molecule has 0 aliphatic carbocycles. The Balaban J connectivity index is 2.61. The molecular formula is C12H16BrNO3. The van der Waals surface area contributed by atoms with Crippen LogP contribution in [-0.4, -0.2) is 27.5 Å². The summed E-state index contributed by atoms with van der Waals surface area (Å²) in [6.45, 7) is 2.55. The van der Waals surface area contributed by atoms with Gasteiger partial charge in [0.15, 0.2) is 0 Å². The second-order valence-corrected chi connectivity index (χ2v) is 5.09. The quantitative estimate of drug-likeness (QED) is 0.578. The van der Waals surface area contributed by atoms with Crippen molar-refractivity contribution in [1.82, 2.24) is 5.32 Å². The number of carbonyl (C=O) groups excluding carboxylic acids is 1. The van der Waals surface area contributed by atoms with Gasteiger partial charge in [0, 0.05) is 11.4 Å². The van der Waals surface area contributed by atoms with Gasteiger partial charge in [-0.3, -0.25) is 4.79 Å². The minimum Gasteiger partial charge on any atom is -0.508 e. The summed E-state index contributed by atoms with van der Waals surface area (Å²) in [5.41, 5.74) is 0.0844. The Morgan fingerprint density at radius 1 is 1.47 bits per heavy atom. The fourth-order valence-corrected chi connectivity index (χ4v) is 2.04. The molecule has 1 unspecified atom stereocenters. The number of hydrogen-bond acceptors (Lipinski definition) is 3. The molecule has 5 heteroatoms. The van der Waals surface area contributed by atoms with Gasteiger partial charge in [0.2, 0.25) is 0 Å². The predicted molar refractivity (Wildman–Crippen MR) is 69.7 cm³/mol. The smallest absolute Gasteiger partial charge is 0.255 e. The van der Waals surface area contributed by atoms with Gasteiger partial charge in [0.05, 0.1) is 5.56 Å². The lowest BCUT2D eigenvalue weighted by atomic mass is 10.1. The third-order valence-electron chi connectivity index (χ3n) is 2.31. The van der Waals surface area contributed by atoms with Gasteiger partial charge in [-0.15, -0.1) is 0 Å². The largest absolute Gasteiger partial charge is 0.508 e. The molecule has 4 nitrogen and oxygen atoms in total. The van der Waals surface area contributed by atoms with Gasteiger partial charge in [-0.25, -0.2) is 0 Å². The van der Waals surface area contributed by atoms with Gasteiger partial charge < -0.3 is 15.5 Å². The van der Waals surface area contributed by atoms with Gasteiger partial charge in [-0.1, -0.05) is 29.3 Å². The Hall–Kier alpha value is -1.23. The summed E-state index contributed by atoms with van der Waals surface area (Å²) in [5.74, 6) is -0.572. The van der Waals surface area contributed by atoms with E-state index in [2.05, 4.69) is 28.2 Å². The fourth-order valence-electron chi connectivity index (χ4n) is 1.42. The highest BCUT2D eigenvalue weighted by Crippen LogP contribution is 2.21. The molecule has 0 saturated heterocycles. The first-order chi connectivity index (χ1) is 8.04. The van der Waals surface area contributed by atoms with Gasteiger partial charge in [-0.05, 0) is 24.6 Å². The van der Waals surface area contributed by atoms with E-state index in [1.54, 1.807) is 0 Å². The van der Waals surface area contributed by atoms with Crippen LogP contribution in [0.15, 0.2) is 18.2 Å². The number of phenols is 2. The monoisotopic (exact) mass is 301 g/mol. The van der Waals surface area contributed by atoms with Gasteiger partial charge in [-0.2, -0.15) is 0 Å². The fraction of sp³-hybridized carbons (Fsp3) is 0.417. The molecule has 1 rings (SSSR count). The molecule has 0 bridgehead atoms. The van der Waals surface area contributed by atoms with Crippen molar-refractivity contribution >= 4 is 21.8 Å². The number of carbonyl (C=O) groups is 1. The van der Waals surface area contributed by atoms with E-state index in [4.69, 9.17) is 0 Å². The molecule has 0 heterocycles. The molecule has 1 atom stereocenters. The Labute approximate surface area is 109 Å². The summed E-state index contributed by atoms with van der Waals surface area (Å²) in [7, 11) is 0. The van der Waals surface area contributed by atoms with Crippen LogP contribution < -0.4 is 5.32 Å². The molecule has 1 amide bonds. The van der Waals surface area contributed by atoms with Crippen molar-refractivity contribution in [2.45, 2.75) is 24.6 Å². The minimum atomic E-state index is -0.390. The van der Waals surface area contributed by atoms with E-state index in [9.17, 15) is 15.0 Å². The molecule has 0 spiro atoms. The Morgan fingerprint density at radius 3 is 2.82 bits per heavy atom. The van der Waals surface area contributed by atoms with E-state index in [1.165, 1.54) is 18.2 Å². The molecule has 1 aromatic rings. The minimum absolute atomic E-state index is 0.0445. The summed E-state index contributed by atoms with van der Waals surface area (Å²) >= 11 is 3.45. The maximum atomic E-state index is 11.7.